The minimum absolute atomic E-state index is 0.0132. The standard InChI is InChI=1S/C19H23NO5S/c1-13(2)18(21)12-19(22)20-14-7-9-15(10-8-14)25-16-5-4-6-17(11-16)26(3,23)24/h4-11,13,18,21H,12H2,1-3H3,(H,20,22). The second-order valence-electron chi connectivity index (χ2n) is 6.44. The van der Waals surface area contributed by atoms with Crippen LogP contribution in [0.1, 0.15) is 20.3 Å². The van der Waals surface area contributed by atoms with Gasteiger partial charge in [0.15, 0.2) is 9.84 Å². The van der Waals surface area contributed by atoms with Gasteiger partial charge in [0.05, 0.1) is 17.4 Å². The van der Waals surface area contributed by atoms with Crippen LogP contribution >= 0.6 is 0 Å². The molecular weight excluding hydrogens is 354 g/mol. The van der Waals surface area contributed by atoms with E-state index in [-0.39, 0.29) is 23.1 Å². The Labute approximate surface area is 153 Å². The second kappa shape index (κ2) is 8.33. The molecule has 0 aromatic heterocycles. The van der Waals surface area contributed by atoms with E-state index in [1.807, 2.05) is 13.8 Å². The molecule has 0 aliphatic rings. The number of aliphatic hydroxyl groups is 1. The average molecular weight is 377 g/mol. The van der Waals surface area contributed by atoms with Gasteiger partial charge in [-0.3, -0.25) is 4.79 Å². The van der Waals surface area contributed by atoms with Crippen LogP contribution in [0.2, 0.25) is 0 Å². The normalized spacial score (nSPS) is 12.7. The molecule has 2 N–H and O–H groups in total. The molecule has 0 saturated heterocycles. The van der Waals surface area contributed by atoms with Gasteiger partial charge in [-0.15, -0.1) is 0 Å². The van der Waals surface area contributed by atoms with Crippen LogP contribution in [0.4, 0.5) is 5.69 Å². The van der Waals surface area contributed by atoms with Crippen LogP contribution in [0.25, 0.3) is 0 Å². The molecule has 2 aromatic carbocycles. The highest BCUT2D eigenvalue weighted by atomic mass is 32.2. The van der Waals surface area contributed by atoms with Crippen LogP contribution in [-0.2, 0) is 14.6 Å². The van der Waals surface area contributed by atoms with Crippen molar-refractivity contribution in [3.8, 4) is 11.5 Å². The van der Waals surface area contributed by atoms with Crippen molar-refractivity contribution in [3.05, 3.63) is 48.5 Å². The second-order valence-corrected chi connectivity index (χ2v) is 8.45. The van der Waals surface area contributed by atoms with E-state index in [2.05, 4.69) is 5.32 Å². The Morgan fingerprint density at radius 3 is 2.35 bits per heavy atom. The molecule has 6 nitrogen and oxygen atoms in total. The predicted octanol–water partition coefficient (Wildman–Crippen LogP) is 3.23. The lowest BCUT2D eigenvalue weighted by Crippen LogP contribution is -2.23. The number of aliphatic hydroxyl groups excluding tert-OH is 1. The van der Waals surface area contributed by atoms with Crippen molar-refractivity contribution in [1.29, 1.82) is 0 Å². The highest BCUT2D eigenvalue weighted by molar-refractivity contribution is 7.90. The molecule has 0 radical (unpaired) electrons. The maximum Gasteiger partial charge on any atom is 0.226 e. The van der Waals surface area contributed by atoms with Gasteiger partial charge in [-0.2, -0.15) is 0 Å². The first-order valence-corrected chi connectivity index (χ1v) is 10.1. The Morgan fingerprint density at radius 1 is 1.12 bits per heavy atom. The maximum absolute atomic E-state index is 11.9. The summed E-state index contributed by atoms with van der Waals surface area (Å²) >= 11 is 0. The Bertz CT molecular complexity index is 860. The number of sulfone groups is 1. The van der Waals surface area contributed by atoms with Crippen molar-refractivity contribution in [2.24, 2.45) is 5.92 Å². The lowest BCUT2D eigenvalue weighted by atomic mass is 10.0. The summed E-state index contributed by atoms with van der Waals surface area (Å²) < 4.78 is 28.8. The summed E-state index contributed by atoms with van der Waals surface area (Å²) in [4.78, 5) is 12.1. The molecule has 140 valence electrons. The summed E-state index contributed by atoms with van der Waals surface area (Å²) in [5.74, 6) is 0.667. The number of ether oxygens (including phenoxy) is 1. The van der Waals surface area contributed by atoms with E-state index in [9.17, 15) is 18.3 Å². The third kappa shape index (κ3) is 5.86. The molecule has 0 saturated carbocycles. The quantitative estimate of drug-likeness (QED) is 0.773. The van der Waals surface area contributed by atoms with E-state index in [4.69, 9.17) is 4.74 Å². The zero-order chi connectivity index (χ0) is 19.3. The molecule has 0 aliphatic heterocycles. The van der Waals surface area contributed by atoms with Crippen molar-refractivity contribution < 1.29 is 23.1 Å². The van der Waals surface area contributed by atoms with Crippen LogP contribution in [0.15, 0.2) is 53.4 Å². The number of amides is 1. The molecule has 0 aliphatic carbocycles. The maximum atomic E-state index is 11.9. The lowest BCUT2D eigenvalue weighted by Gasteiger charge is -2.14. The van der Waals surface area contributed by atoms with Crippen molar-refractivity contribution in [2.45, 2.75) is 31.3 Å². The van der Waals surface area contributed by atoms with Gasteiger partial charge in [-0.25, -0.2) is 8.42 Å². The van der Waals surface area contributed by atoms with Crippen LogP contribution in [0.3, 0.4) is 0 Å². The monoisotopic (exact) mass is 377 g/mol. The first-order chi connectivity index (χ1) is 12.1. The molecule has 2 rings (SSSR count). The predicted molar refractivity (Wildman–Crippen MR) is 100 cm³/mol. The van der Waals surface area contributed by atoms with E-state index in [1.165, 1.54) is 12.1 Å². The molecule has 2 aromatic rings. The van der Waals surface area contributed by atoms with E-state index < -0.39 is 15.9 Å². The average Bonchev–Trinajstić information content (AvgIpc) is 2.56. The van der Waals surface area contributed by atoms with Gasteiger partial charge in [-0.1, -0.05) is 19.9 Å². The van der Waals surface area contributed by atoms with Crippen LogP contribution < -0.4 is 10.1 Å². The Kier molecular flexibility index (Phi) is 6.39. The smallest absolute Gasteiger partial charge is 0.226 e. The van der Waals surface area contributed by atoms with Crippen molar-refractivity contribution in [2.75, 3.05) is 11.6 Å². The lowest BCUT2D eigenvalue weighted by molar-refractivity contribution is -0.118. The van der Waals surface area contributed by atoms with Crippen molar-refractivity contribution >= 4 is 21.4 Å². The minimum Gasteiger partial charge on any atom is -0.457 e. The van der Waals surface area contributed by atoms with Crippen molar-refractivity contribution in [3.63, 3.8) is 0 Å². The number of anilines is 1. The third-order valence-corrected chi connectivity index (χ3v) is 4.88. The number of rotatable bonds is 7. The first kappa shape index (κ1) is 19.9. The highest BCUT2D eigenvalue weighted by Crippen LogP contribution is 2.25. The molecule has 26 heavy (non-hydrogen) atoms. The van der Waals surface area contributed by atoms with E-state index >= 15 is 0 Å². The largest absolute Gasteiger partial charge is 0.457 e. The highest BCUT2D eigenvalue weighted by Gasteiger charge is 2.14. The third-order valence-electron chi connectivity index (χ3n) is 3.77. The summed E-state index contributed by atoms with van der Waals surface area (Å²) in [5, 5.41) is 12.5. The SMILES string of the molecule is CC(C)C(O)CC(=O)Nc1ccc(Oc2cccc(S(C)(=O)=O)c2)cc1. The van der Waals surface area contributed by atoms with Gasteiger partial charge in [0.1, 0.15) is 11.5 Å². The summed E-state index contributed by atoms with van der Waals surface area (Å²) in [6, 6.07) is 12.9. The molecule has 1 unspecified atom stereocenters. The van der Waals surface area contributed by atoms with E-state index in [0.29, 0.717) is 17.2 Å². The number of carbonyl (C=O) groups is 1. The molecule has 0 bridgehead atoms. The van der Waals surface area contributed by atoms with Gasteiger partial charge >= 0.3 is 0 Å². The molecule has 1 atom stereocenters. The minimum atomic E-state index is -3.30. The number of benzene rings is 2. The topological polar surface area (TPSA) is 92.7 Å². The van der Waals surface area contributed by atoms with Crippen LogP contribution in [0, 0.1) is 5.92 Å². The van der Waals surface area contributed by atoms with Crippen molar-refractivity contribution in [1.82, 2.24) is 0 Å². The molecule has 0 heterocycles. The molecular formula is C19H23NO5S. The van der Waals surface area contributed by atoms with E-state index in [1.54, 1.807) is 36.4 Å². The summed E-state index contributed by atoms with van der Waals surface area (Å²) in [7, 11) is -3.30. The molecule has 0 spiro atoms. The van der Waals surface area contributed by atoms with Crippen LogP contribution in [-0.4, -0.2) is 31.8 Å². The fourth-order valence-electron chi connectivity index (χ4n) is 2.15. The zero-order valence-corrected chi connectivity index (χ0v) is 15.8. The Morgan fingerprint density at radius 2 is 1.77 bits per heavy atom. The fourth-order valence-corrected chi connectivity index (χ4v) is 2.80. The van der Waals surface area contributed by atoms with E-state index in [0.717, 1.165) is 6.26 Å². The Hall–Kier alpha value is -2.38. The molecule has 0 fully saturated rings. The van der Waals surface area contributed by atoms with Gasteiger partial charge in [-0.05, 0) is 48.4 Å². The number of hydrogen-bond donors (Lipinski definition) is 2. The summed E-state index contributed by atoms with van der Waals surface area (Å²) in [6.07, 6.45) is 0.494. The van der Waals surface area contributed by atoms with Gasteiger partial charge in [0.25, 0.3) is 0 Å². The summed E-state index contributed by atoms with van der Waals surface area (Å²) in [6.45, 7) is 3.70. The van der Waals surface area contributed by atoms with Gasteiger partial charge < -0.3 is 15.2 Å². The first-order valence-electron chi connectivity index (χ1n) is 8.21. The number of hydrogen-bond acceptors (Lipinski definition) is 5. The van der Waals surface area contributed by atoms with Gasteiger partial charge in [0, 0.05) is 11.9 Å². The molecule has 1 amide bonds. The molecule has 7 heteroatoms. The zero-order valence-electron chi connectivity index (χ0n) is 15.0. The number of carbonyl (C=O) groups excluding carboxylic acids is 1. The number of nitrogens with one attached hydrogen (secondary N) is 1. The fraction of sp³-hybridized carbons (Fsp3) is 0.316. The van der Waals surface area contributed by atoms with Crippen LogP contribution in [0.5, 0.6) is 11.5 Å². The van der Waals surface area contributed by atoms with Gasteiger partial charge in [0.2, 0.25) is 5.91 Å². The summed E-state index contributed by atoms with van der Waals surface area (Å²) in [5.41, 5.74) is 0.586. The Balaban J connectivity index is 2.01.